The van der Waals surface area contributed by atoms with Crippen LogP contribution < -0.4 is 16.0 Å². The van der Waals surface area contributed by atoms with Gasteiger partial charge in [0.2, 0.25) is 11.8 Å². The highest BCUT2D eigenvalue weighted by molar-refractivity contribution is 6.42. The van der Waals surface area contributed by atoms with Crippen molar-refractivity contribution in [2.45, 2.75) is 44.6 Å². The molecule has 3 N–H and O–H groups in total. The van der Waals surface area contributed by atoms with Gasteiger partial charge in [-0.3, -0.25) is 9.59 Å². The predicted octanol–water partition coefficient (Wildman–Crippen LogP) is 7.64. The molecule has 0 saturated heterocycles. The quantitative estimate of drug-likeness (QED) is 0.170. The lowest BCUT2D eigenvalue weighted by atomic mass is 9.92. The number of hydrogen-bond donors (Lipinski definition) is 3. The zero-order valence-electron chi connectivity index (χ0n) is 24.6. The molecule has 0 radical (unpaired) electrons. The fourth-order valence-electron chi connectivity index (χ4n) is 5.30. The number of hydrogen-bond acceptors (Lipinski definition) is 5. The third kappa shape index (κ3) is 7.34. The number of carbonyl (C=O) groups is 2. The Kier molecular flexibility index (Phi) is 9.53. The van der Waals surface area contributed by atoms with Crippen molar-refractivity contribution in [3.05, 3.63) is 87.7 Å². The lowest BCUT2D eigenvalue weighted by Gasteiger charge is -2.28. The molecule has 0 bridgehead atoms. The summed E-state index contributed by atoms with van der Waals surface area (Å²) in [6, 6.07) is 15.3. The Balaban J connectivity index is 1.23. The fraction of sp³-hybridized carbons (Fsp3) is 0.273. The van der Waals surface area contributed by atoms with E-state index in [0.717, 1.165) is 11.3 Å². The predicted molar refractivity (Wildman–Crippen MR) is 173 cm³/mol. The van der Waals surface area contributed by atoms with Crippen LogP contribution in [-0.2, 0) is 11.8 Å². The van der Waals surface area contributed by atoms with E-state index in [1.165, 1.54) is 24.3 Å². The number of aryl methyl sites for hydroxylation is 2. The van der Waals surface area contributed by atoms with Gasteiger partial charge in [-0.2, -0.15) is 5.26 Å². The number of carbonyl (C=O) groups excluding carboxylic acids is 2. The molecule has 1 aromatic heterocycles. The topological polar surface area (TPSA) is 112 Å². The van der Waals surface area contributed by atoms with E-state index in [4.69, 9.17) is 23.2 Å². The number of benzene rings is 3. The molecule has 1 saturated carbocycles. The number of halogens is 4. The Morgan fingerprint density at radius 1 is 1.13 bits per heavy atom. The summed E-state index contributed by atoms with van der Waals surface area (Å²) in [7, 11) is 1.88. The van der Waals surface area contributed by atoms with E-state index >= 15 is 0 Å². The Hall–Kier alpha value is -4.30. The molecule has 0 unspecified atom stereocenters. The number of alkyl halides is 2. The van der Waals surface area contributed by atoms with E-state index < -0.39 is 17.7 Å². The zero-order valence-corrected chi connectivity index (χ0v) is 26.1. The van der Waals surface area contributed by atoms with Crippen molar-refractivity contribution < 1.29 is 18.4 Å². The van der Waals surface area contributed by atoms with E-state index in [1.54, 1.807) is 24.3 Å². The van der Waals surface area contributed by atoms with Crippen LogP contribution >= 0.6 is 23.2 Å². The maximum atomic E-state index is 13.3. The van der Waals surface area contributed by atoms with E-state index in [-0.39, 0.29) is 35.7 Å². The molecule has 4 aromatic rings. The van der Waals surface area contributed by atoms with Crippen molar-refractivity contribution in [3.63, 3.8) is 0 Å². The average molecular weight is 652 g/mol. The van der Waals surface area contributed by atoms with Crippen LogP contribution in [0.25, 0.3) is 22.2 Å². The van der Waals surface area contributed by atoms with Crippen LogP contribution in [0.3, 0.4) is 0 Å². The summed E-state index contributed by atoms with van der Waals surface area (Å²) >= 11 is 13.4. The van der Waals surface area contributed by atoms with Crippen LogP contribution in [0.5, 0.6) is 0 Å². The van der Waals surface area contributed by atoms with Gasteiger partial charge in [0.15, 0.2) is 0 Å². The summed E-state index contributed by atoms with van der Waals surface area (Å²) in [5.74, 6) is -2.72. The van der Waals surface area contributed by atoms with Gasteiger partial charge < -0.3 is 20.5 Å². The molecule has 0 spiro atoms. The van der Waals surface area contributed by atoms with Crippen molar-refractivity contribution in [2.75, 3.05) is 17.2 Å². The van der Waals surface area contributed by atoms with Crippen LogP contribution in [0.15, 0.2) is 60.7 Å². The Morgan fingerprint density at radius 3 is 2.62 bits per heavy atom. The van der Waals surface area contributed by atoms with Crippen molar-refractivity contribution in [1.29, 1.82) is 5.26 Å². The number of nitrogens with one attached hydrogen (secondary N) is 3. The summed E-state index contributed by atoms with van der Waals surface area (Å²) in [6.45, 7) is 2.23. The first-order valence-electron chi connectivity index (χ1n) is 14.3. The van der Waals surface area contributed by atoms with E-state index in [1.807, 2.05) is 36.7 Å². The summed E-state index contributed by atoms with van der Waals surface area (Å²) in [5, 5.41) is 19.2. The monoisotopic (exact) mass is 650 g/mol. The Morgan fingerprint density at radius 2 is 1.89 bits per heavy atom. The van der Waals surface area contributed by atoms with Crippen LogP contribution in [0.1, 0.15) is 47.4 Å². The fourth-order valence-corrected chi connectivity index (χ4v) is 6.00. The number of aromatic nitrogens is 2. The van der Waals surface area contributed by atoms with E-state index in [9.17, 15) is 23.6 Å². The standard InChI is InChI=1S/C33H30Cl2F2N6O2/c1-19-40-31-27(43(19)2)17-25(34)29(30(31)35)20-5-3-6-24(16-20)41-32(45)21-8-9-26(22(15-21)18-38)42-28(44)7-4-14-39-23-10-12-33(36,37)13-11-23/h3-9,15-17,23,39H,10-14H2,1-2H3,(H,41,45)(H,42,44). The number of nitrogens with zero attached hydrogens (tertiary/aromatic N) is 3. The zero-order chi connectivity index (χ0) is 32.3. The van der Waals surface area contributed by atoms with Gasteiger partial charge >= 0.3 is 0 Å². The molecule has 12 heteroatoms. The molecule has 45 heavy (non-hydrogen) atoms. The van der Waals surface area contributed by atoms with Crippen molar-refractivity contribution in [3.8, 4) is 17.2 Å². The summed E-state index contributed by atoms with van der Waals surface area (Å²) in [5.41, 5.74) is 3.77. The molecule has 0 atom stereocenters. The van der Waals surface area contributed by atoms with Crippen molar-refractivity contribution in [1.82, 2.24) is 14.9 Å². The minimum Gasteiger partial charge on any atom is -0.331 e. The maximum absolute atomic E-state index is 13.3. The third-order valence-electron chi connectivity index (χ3n) is 7.87. The number of imidazole rings is 1. The van der Waals surface area contributed by atoms with Crippen molar-refractivity contribution >= 4 is 57.4 Å². The van der Waals surface area contributed by atoms with Crippen LogP contribution in [0, 0.1) is 18.3 Å². The van der Waals surface area contributed by atoms with Gasteiger partial charge in [0.1, 0.15) is 17.4 Å². The molecule has 232 valence electrons. The molecule has 2 amide bonds. The normalized spacial score (nSPS) is 14.9. The molecular weight excluding hydrogens is 621 g/mol. The van der Waals surface area contributed by atoms with Crippen LogP contribution in [0.4, 0.5) is 20.2 Å². The van der Waals surface area contributed by atoms with Crippen molar-refractivity contribution in [2.24, 2.45) is 7.05 Å². The molecular formula is C33H30Cl2F2N6O2. The highest BCUT2D eigenvalue weighted by Crippen LogP contribution is 2.40. The number of rotatable bonds is 8. The largest absolute Gasteiger partial charge is 0.331 e. The second-order valence-electron chi connectivity index (χ2n) is 11.0. The lowest BCUT2D eigenvalue weighted by molar-refractivity contribution is -0.111. The molecule has 8 nitrogen and oxygen atoms in total. The van der Waals surface area contributed by atoms with Gasteiger partial charge in [0.05, 0.1) is 26.8 Å². The Bertz CT molecular complexity index is 1850. The minimum absolute atomic E-state index is 0.0143. The second kappa shape index (κ2) is 13.4. The first-order valence-corrected chi connectivity index (χ1v) is 15.1. The van der Waals surface area contributed by atoms with E-state index in [0.29, 0.717) is 51.8 Å². The second-order valence-corrected chi connectivity index (χ2v) is 11.8. The highest BCUT2D eigenvalue weighted by atomic mass is 35.5. The molecule has 1 fully saturated rings. The van der Waals surface area contributed by atoms with E-state index in [2.05, 4.69) is 20.9 Å². The van der Waals surface area contributed by atoms with Gasteiger partial charge in [-0.25, -0.2) is 13.8 Å². The number of anilines is 2. The highest BCUT2D eigenvalue weighted by Gasteiger charge is 2.34. The van der Waals surface area contributed by atoms with Gasteiger partial charge in [-0.15, -0.1) is 0 Å². The van der Waals surface area contributed by atoms with Gasteiger partial charge in [-0.1, -0.05) is 41.4 Å². The van der Waals surface area contributed by atoms with Crippen LogP contribution in [0.2, 0.25) is 10.0 Å². The average Bonchev–Trinajstić information content (AvgIpc) is 3.29. The SMILES string of the molecule is Cc1nc2c(Cl)c(-c3cccc(NC(=O)c4ccc(NC(=O)C=CCNC5CCC(F)(F)CC5)c(C#N)c4)c3)c(Cl)cc2n1C. The number of nitriles is 1. The summed E-state index contributed by atoms with van der Waals surface area (Å²) in [6.07, 6.45) is 3.39. The molecule has 3 aromatic carbocycles. The van der Waals surface area contributed by atoms with Crippen LogP contribution in [-0.4, -0.2) is 39.9 Å². The molecule has 1 heterocycles. The minimum atomic E-state index is -2.59. The first-order chi connectivity index (χ1) is 21.5. The third-order valence-corrected chi connectivity index (χ3v) is 8.54. The lowest BCUT2D eigenvalue weighted by Crippen LogP contribution is -2.37. The summed E-state index contributed by atoms with van der Waals surface area (Å²) < 4.78 is 28.5. The maximum Gasteiger partial charge on any atom is 0.255 e. The molecule has 1 aliphatic rings. The number of fused-ring (bicyclic) bond motifs is 1. The summed E-state index contributed by atoms with van der Waals surface area (Å²) in [4.78, 5) is 30.1. The first kappa shape index (κ1) is 32.1. The van der Waals surface area contributed by atoms with Gasteiger partial charge in [0, 0.05) is 55.4 Å². The Labute approximate surface area is 269 Å². The van der Waals surface area contributed by atoms with Gasteiger partial charge in [-0.05, 0) is 61.7 Å². The smallest absolute Gasteiger partial charge is 0.255 e. The molecule has 0 aliphatic heterocycles. The molecule has 1 aliphatic carbocycles. The number of amides is 2. The van der Waals surface area contributed by atoms with Gasteiger partial charge in [0.25, 0.3) is 5.91 Å². The molecule has 5 rings (SSSR count).